The van der Waals surface area contributed by atoms with Crippen LogP contribution in [0.3, 0.4) is 0 Å². The minimum absolute atomic E-state index is 0. The minimum Gasteiger partial charge on any atom is -0.481 e. The Morgan fingerprint density at radius 2 is 0.835 bits per heavy atom. The zero-order valence-electron chi connectivity index (χ0n) is 68.8. The molecule has 4 aliphatic heterocycles. The van der Waals surface area contributed by atoms with E-state index in [1.54, 1.807) is 30.6 Å². The van der Waals surface area contributed by atoms with Gasteiger partial charge >= 0.3 is 12.1 Å². The molecular weight excluding hydrogens is 1520 g/mol. The van der Waals surface area contributed by atoms with E-state index in [1.165, 1.54) is 11.1 Å². The number of alkyl carbamates (subject to hydrolysis) is 1. The first-order chi connectivity index (χ1) is 57.6. The Morgan fingerprint density at radius 1 is 0.446 bits per heavy atom. The predicted molar refractivity (Wildman–Crippen MR) is 464 cm³/mol. The van der Waals surface area contributed by atoms with E-state index in [0.717, 1.165) is 160 Å². The number of carboxylic acid groups (broad SMARTS) is 1. The third kappa shape index (κ3) is 21.4. The van der Waals surface area contributed by atoms with Gasteiger partial charge in [-0.15, -0.1) is 0 Å². The summed E-state index contributed by atoms with van der Waals surface area (Å²) in [5.74, 6) is 1.71. The summed E-state index contributed by atoms with van der Waals surface area (Å²) in [5.41, 5.74) is 9.00. The number of hydrogen-bond acceptors (Lipinski definition) is 13. The van der Waals surface area contributed by atoms with Crippen LogP contribution in [0.2, 0.25) is 0 Å². The lowest BCUT2D eigenvalue weighted by atomic mass is 9.69. The van der Waals surface area contributed by atoms with Gasteiger partial charge in [-0.05, 0) is 211 Å². The monoisotopic (exact) mass is 1640 g/mol. The van der Waals surface area contributed by atoms with Crippen molar-refractivity contribution in [2.75, 3.05) is 26.2 Å². The molecule has 0 bridgehead atoms. The highest BCUT2D eigenvalue weighted by Gasteiger charge is 2.46. The largest absolute Gasteiger partial charge is 0.481 e. The number of carbonyl (C=O) groups excluding carboxylic acids is 9. The van der Waals surface area contributed by atoms with Crippen LogP contribution in [-0.2, 0) is 47.9 Å². The number of amides is 6. The predicted octanol–water partition coefficient (Wildman–Crippen LogP) is 17.6. The minimum atomic E-state index is -0.941. The first-order valence-corrected chi connectivity index (χ1v) is 43.4. The number of imidazole rings is 2. The van der Waals surface area contributed by atoms with Crippen molar-refractivity contribution in [2.45, 2.75) is 243 Å². The number of ether oxygens (including phenoxy) is 1. The molecule has 17 rings (SSSR count). The lowest BCUT2D eigenvalue weighted by Crippen LogP contribution is -2.48. The Morgan fingerprint density at radius 3 is 1.26 bits per heavy atom. The molecule has 8 aromatic rings. The van der Waals surface area contributed by atoms with Crippen LogP contribution in [0.1, 0.15) is 270 Å². The van der Waals surface area contributed by atoms with Crippen molar-refractivity contribution < 1.29 is 57.8 Å². The van der Waals surface area contributed by atoms with E-state index in [-0.39, 0.29) is 110 Å². The topological polar surface area (TPSA) is 295 Å². The fourth-order valence-corrected chi connectivity index (χ4v) is 18.4. The highest BCUT2D eigenvalue weighted by atomic mass is 16.6. The number of carbonyl (C=O) groups is 10. The van der Waals surface area contributed by atoms with Crippen LogP contribution in [-0.4, -0.2) is 147 Å². The van der Waals surface area contributed by atoms with E-state index in [9.17, 15) is 47.9 Å². The molecule has 5 aliphatic carbocycles. The molecule has 9 aliphatic rings. The number of aliphatic carboxylic acids is 1. The second-order valence-electron chi connectivity index (χ2n) is 35.5. The van der Waals surface area contributed by atoms with Crippen molar-refractivity contribution in [1.29, 1.82) is 0 Å². The second kappa shape index (κ2) is 39.1. The third-order valence-corrected chi connectivity index (χ3v) is 25.7. The van der Waals surface area contributed by atoms with Crippen LogP contribution in [0, 0.1) is 29.6 Å². The highest BCUT2D eigenvalue weighted by Crippen LogP contribution is 2.48. The molecule has 121 heavy (non-hydrogen) atoms. The van der Waals surface area contributed by atoms with Gasteiger partial charge in [0.1, 0.15) is 35.1 Å². The summed E-state index contributed by atoms with van der Waals surface area (Å²) in [6.07, 6.45) is 19.7. The number of H-pyrrole nitrogens is 2. The van der Waals surface area contributed by atoms with Crippen LogP contribution in [0.4, 0.5) is 4.79 Å². The molecule has 6 aromatic carbocycles. The average Bonchev–Trinajstić information content (AvgIpc) is 1.27. The molecule has 0 radical (unpaired) electrons. The van der Waals surface area contributed by atoms with Crippen molar-refractivity contribution in [1.82, 2.24) is 50.2 Å². The first kappa shape index (κ1) is 87.7. The van der Waals surface area contributed by atoms with E-state index in [1.807, 2.05) is 150 Å². The van der Waals surface area contributed by atoms with Crippen molar-refractivity contribution in [2.24, 2.45) is 29.6 Å². The molecule has 4 saturated heterocycles. The second-order valence-corrected chi connectivity index (χ2v) is 35.5. The average molecular weight is 1640 g/mol. The lowest BCUT2D eigenvalue weighted by molar-refractivity contribution is -0.140. The van der Waals surface area contributed by atoms with Gasteiger partial charge in [-0.1, -0.05) is 185 Å². The van der Waals surface area contributed by atoms with E-state index in [4.69, 9.17) is 19.8 Å². The van der Waals surface area contributed by atoms with Crippen LogP contribution in [0.15, 0.2) is 182 Å². The molecule has 9 fully saturated rings. The van der Waals surface area contributed by atoms with Gasteiger partial charge < -0.3 is 50.0 Å². The number of hydrogen-bond donors (Lipinski definition) is 5. The van der Waals surface area contributed by atoms with Gasteiger partial charge in [-0.3, -0.25) is 43.2 Å². The first-order valence-electron chi connectivity index (χ1n) is 43.4. The van der Waals surface area contributed by atoms with Crippen LogP contribution >= 0.6 is 0 Å². The SMILES string of the molecule is C.C.C[C@@H](C(=O)N1CCC[C@H]1c1ncc(-c2ccc(C3CC(CC(=O)[C@@H]4CCCN4C(=O)[C@H](NC(=O)OC(C)(C)C)c4ccccc4)C3)cc2)[nH]1)c1ccccc1.O=C(C[C@@H](C(=O)N1CCC[C@H]1C(=O)CC1CC(c2ccc(-c3cnc([C@@H]4CCCN4C(=O)[C@H](NC(=O)C4CC4)c4ccccc4)[nH]3)cc2)C1)c1ccccc1)C1CC1.O=C(O)C1CC1. The number of rotatable bonds is 27. The number of ketones is 3. The zero-order valence-corrected chi connectivity index (χ0v) is 68.8. The maximum Gasteiger partial charge on any atom is 0.408 e. The number of nitrogens with zero attached hydrogens (tertiary/aromatic N) is 6. The summed E-state index contributed by atoms with van der Waals surface area (Å²) in [4.78, 5) is 155. The summed E-state index contributed by atoms with van der Waals surface area (Å²) < 4.78 is 5.47. The number of Topliss-reactive ketones (excluding diaryl/α,β-unsaturated/α-hetero) is 3. The number of benzene rings is 6. The van der Waals surface area contributed by atoms with Crippen molar-refractivity contribution >= 4 is 58.9 Å². The van der Waals surface area contributed by atoms with Gasteiger partial charge in [0, 0.05) is 57.3 Å². The van der Waals surface area contributed by atoms with Crippen molar-refractivity contribution in [3.63, 3.8) is 0 Å². The van der Waals surface area contributed by atoms with Gasteiger partial charge in [0.25, 0.3) is 5.91 Å². The fourth-order valence-electron chi connectivity index (χ4n) is 18.4. The molecule has 0 spiro atoms. The fraction of sp³-hybridized carbons (Fsp3) is 0.475. The number of likely N-dealkylation sites (tertiary alicyclic amines) is 4. The van der Waals surface area contributed by atoms with Crippen molar-refractivity contribution in [3.05, 3.63) is 227 Å². The normalized spacial score (nSPS) is 22.5. The van der Waals surface area contributed by atoms with E-state index in [0.29, 0.717) is 68.6 Å². The molecule has 8 atom stereocenters. The van der Waals surface area contributed by atoms with Crippen LogP contribution in [0.5, 0.6) is 0 Å². The molecule has 5 N–H and O–H groups in total. The number of aromatic nitrogens is 4. The standard InChI is InChI=1S/C48H53N5O5.C45H53N5O5.C4H6O2.2CH4/c54-42(34-19-20-34)28-38(32-9-3-1-4-10-32)47(57)52-23-7-13-40(52)43(55)27-30-25-37(26-30)31-15-17-33(18-16-31)39-29-49-45(50-39)41-14-8-24-53(41)48(58)44(35-11-5-2-6-12-35)51-46(56)36-21-22-36;1-29(31-13-7-5-8-14-31)42(52)50-24-12-18-38(50)41-46-28-36(47-41)33-21-19-32(20-22-33)35-25-30(26-35)27-39(51)37-17-11-23-49(37)43(53)40(34-15-9-6-10-16-34)48-44(54)55-45(2,3)4;5-4(6)3-1-2-3;;/h1-6,9-12,15-18,29-30,34,36-38,40-41,44H,7-8,13-14,19-28H2,(H,49,50)(H,51,56);5-10,13-16,19-22,28-30,35,37-38,40H,11-12,17-18,23-27H2,1-4H3,(H,46,47)(H,48,54);3H,1-2H2,(H,5,6);2*1H4/t30?,37?,38-,40+,41+,44-;29-,30?,35?,37+,38+,40-;;;/m11.../s1. The molecule has 6 amide bonds. The maximum atomic E-state index is 14.1. The van der Waals surface area contributed by atoms with Gasteiger partial charge in [0.15, 0.2) is 11.6 Å². The summed E-state index contributed by atoms with van der Waals surface area (Å²) in [6, 6.07) is 52.5. The lowest BCUT2D eigenvalue weighted by Gasteiger charge is -2.37. The molecule has 22 nitrogen and oxygen atoms in total. The Balaban J connectivity index is 0.000000192. The van der Waals surface area contributed by atoms with Gasteiger partial charge in [-0.25, -0.2) is 14.8 Å². The maximum absolute atomic E-state index is 14.1. The Kier molecular flexibility index (Phi) is 28.3. The smallest absolute Gasteiger partial charge is 0.408 e. The third-order valence-electron chi connectivity index (χ3n) is 25.7. The van der Waals surface area contributed by atoms with Crippen LogP contribution in [0.25, 0.3) is 22.5 Å². The molecule has 0 unspecified atom stereocenters. The number of aromatic amines is 2. The van der Waals surface area contributed by atoms with E-state index >= 15 is 0 Å². The number of carboxylic acids is 1. The van der Waals surface area contributed by atoms with Gasteiger partial charge in [0.05, 0.1) is 65.7 Å². The highest BCUT2D eigenvalue weighted by molar-refractivity contribution is 5.97. The van der Waals surface area contributed by atoms with Crippen LogP contribution < -0.4 is 10.6 Å². The molecule has 2 aromatic heterocycles. The molecule has 6 heterocycles. The molecule has 22 heteroatoms. The number of nitrogens with one attached hydrogen (secondary N) is 4. The van der Waals surface area contributed by atoms with E-state index < -0.39 is 47.7 Å². The Hall–Kier alpha value is -11.2. The van der Waals surface area contributed by atoms with Gasteiger partial charge in [-0.2, -0.15) is 0 Å². The Labute approximate surface area is 711 Å². The summed E-state index contributed by atoms with van der Waals surface area (Å²) in [5, 5.41) is 13.9. The summed E-state index contributed by atoms with van der Waals surface area (Å²) in [7, 11) is 0. The van der Waals surface area contributed by atoms with Crippen molar-refractivity contribution in [3.8, 4) is 22.5 Å². The molecular formula is C99H120N10O12. The zero-order chi connectivity index (χ0) is 83.0. The van der Waals surface area contributed by atoms with Gasteiger partial charge in [0.2, 0.25) is 23.6 Å². The Bertz CT molecular complexity index is 4910. The summed E-state index contributed by atoms with van der Waals surface area (Å²) >= 11 is 0. The summed E-state index contributed by atoms with van der Waals surface area (Å²) in [6.45, 7) is 9.71. The molecule has 638 valence electrons. The quantitative estimate of drug-likeness (QED) is 0.0320. The molecule has 5 saturated carbocycles. The van der Waals surface area contributed by atoms with E-state index in [2.05, 4.69) is 69.1 Å².